The van der Waals surface area contributed by atoms with E-state index in [0.29, 0.717) is 38.7 Å². The van der Waals surface area contributed by atoms with Crippen LogP contribution in [0.4, 0.5) is 4.79 Å². The highest BCUT2D eigenvalue weighted by Gasteiger charge is 2.59. The van der Waals surface area contributed by atoms with Gasteiger partial charge in [0.2, 0.25) is 5.91 Å². The van der Waals surface area contributed by atoms with E-state index < -0.39 is 0 Å². The number of carbonyl (C=O) groups excluding carboxylic acids is 2. The third kappa shape index (κ3) is 4.22. The van der Waals surface area contributed by atoms with E-state index in [1.807, 2.05) is 11.8 Å². The molecule has 2 aliphatic carbocycles. The minimum Gasteiger partial charge on any atom is -0.450 e. The number of ether oxygens (including phenoxy) is 1. The van der Waals surface area contributed by atoms with Crippen molar-refractivity contribution >= 4 is 12.0 Å². The molecule has 0 aromatic heterocycles. The van der Waals surface area contributed by atoms with Crippen molar-refractivity contribution in [3.05, 3.63) is 12.2 Å². The maximum atomic E-state index is 13.0. The molecule has 1 spiro atoms. The molecule has 6 heteroatoms. The zero-order valence-electron chi connectivity index (χ0n) is 17.3. The van der Waals surface area contributed by atoms with Crippen LogP contribution in [0.1, 0.15) is 45.4 Å². The number of piperazine rings is 1. The van der Waals surface area contributed by atoms with E-state index in [4.69, 9.17) is 4.74 Å². The topological polar surface area (TPSA) is 53.1 Å². The zero-order valence-corrected chi connectivity index (χ0v) is 17.3. The molecular formula is C22H35N3O3. The Labute approximate surface area is 168 Å². The van der Waals surface area contributed by atoms with Crippen molar-refractivity contribution in [1.29, 1.82) is 0 Å². The van der Waals surface area contributed by atoms with Crippen molar-refractivity contribution in [3.63, 3.8) is 0 Å². The number of rotatable bonds is 4. The number of hydrogen-bond donors (Lipinski definition) is 0. The summed E-state index contributed by atoms with van der Waals surface area (Å²) < 4.78 is 5.07. The molecule has 0 aromatic carbocycles. The molecule has 28 heavy (non-hydrogen) atoms. The molecule has 0 aromatic rings. The van der Waals surface area contributed by atoms with E-state index in [2.05, 4.69) is 17.1 Å². The Morgan fingerprint density at radius 3 is 2.39 bits per heavy atom. The summed E-state index contributed by atoms with van der Waals surface area (Å²) in [7, 11) is 0. The van der Waals surface area contributed by atoms with Crippen molar-refractivity contribution in [2.24, 2.45) is 17.3 Å². The summed E-state index contributed by atoms with van der Waals surface area (Å²) in [6, 6.07) is 0. The van der Waals surface area contributed by atoms with Crippen LogP contribution in [-0.4, -0.2) is 79.1 Å². The Morgan fingerprint density at radius 2 is 1.75 bits per heavy atom. The monoisotopic (exact) mass is 389 g/mol. The van der Waals surface area contributed by atoms with Crippen molar-refractivity contribution < 1.29 is 14.3 Å². The highest BCUT2D eigenvalue weighted by molar-refractivity contribution is 5.83. The fourth-order valence-corrected chi connectivity index (χ4v) is 5.36. The Balaban J connectivity index is 1.21. The molecule has 1 saturated carbocycles. The van der Waals surface area contributed by atoms with E-state index >= 15 is 0 Å². The number of nitrogens with zero attached hydrogens (tertiary/aromatic N) is 3. The van der Waals surface area contributed by atoms with E-state index in [-0.39, 0.29) is 17.4 Å². The number of amides is 2. The fraction of sp³-hybridized carbons (Fsp3) is 0.818. The Hall–Kier alpha value is -1.56. The molecule has 2 saturated heterocycles. The summed E-state index contributed by atoms with van der Waals surface area (Å²) in [6.07, 6.45) is 11.6. The number of carbonyl (C=O) groups is 2. The van der Waals surface area contributed by atoms with Gasteiger partial charge in [0.1, 0.15) is 0 Å². The van der Waals surface area contributed by atoms with Gasteiger partial charge in [0.15, 0.2) is 0 Å². The van der Waals surface area contributed by atoms with E-state index in [1.54, 1.807) is 4.90 Å². The molecule has 3 fully saturated rings. The molecular weight excluding hydrogens is 354 g/mol. The number of likely N-dealkylation sites (tertiary alicyclic amines) is 1. The van der Waals surface area contributed by atoms with Gasteiger partial charge in [0, 0.05) is 38.6 Å². The van der Waals surface area contributed by atoms with Gasteiger partial charge in [-0.05, 0) is 69.9 Å². The quantitative estimate of drug-likeness (QED) is 0.694. The number of piperidine rings is 1. The largest absolute Gasteiger partial charge is 0.450 e. The van der Waals surface area contributed by atoms with Gasteiger partial charge >= 0.3 is 6.09 Å². The summed E-state index contributed by atoms with van der Waals surface area (Å²) >= 11 is 0. The van der Waals surface area contributed by atoms with Crippen molar-refractivity contribution in [2.45, 2.75) is 45.4 Å². The van der Waals surface area contributed by atoms with Gasteiger partial charge in [-0.1, -0.05) is 12.2 Å². The maximum absolute atomic E-state index is 13.0. The first-order valence-corrected chi connectivity index (χ1v) is 11.2. The second-order valence-corrected chi connectivity index (χ2v) is 9.08. The standard InChI is InChI=1S/C22H35N3O3/c1-2-28-21(27)25-14-12-24(13-15-25)20(26)19-16-22(19)8-10-23(11-9-22)17-18-6-4-3-5-7-18/h3-4,18-19H,2,5-17H2,1H3. The average molecular weight is 390 g/mol. The lowest BCUT2D eigenvalue weighted by Gasteiger charge is -2.37. The Bertz CT molecular complexity index is 604. The smallest absolute Gasteiger partial charge is 0.409 e. The highest BCUT2D eigenvalue weighted by Crippen LogP contribution is 2.60. The zero-order chi connectivity index (χ0) is 19.6. The van der Waals surface area contributed by atoms with Gasteiger partial charge in [-0.2, -0.15) is 0 Å². The van der Waals surface area contributed by atoms with E-state index in [0.717, 1.165) is 25.4 Å². The van der Waals surface area contributed by atoms with Crippen LogP contribution in [0.2, 0.25) is 0 Å². The normalized spacial score (nSPS) is 29.8. The second kappa shape index (κ2) is 8.44. The summed E-state index contributed by atoms with van der Waals surface area (Å²) in [6.45, 7) is 8.23. The van der Waals surface area contributed by atoms with Crippen LogP contribution in [0.15, 0.2) is 12.2 Å². The first kappa shape index (κ1) is 19.7. The number of hydrogen-bond acceptors (Lipinski definition) is 4. The molecule has 2 heterocycles. The molecule has 0 bridgehead atoms. The SMILES string of the molecule is CCOC(=O)N1CCN(C(=O)C2CC23CCN(CC2CC=CCC2)CC3)CC1. The minimum atomic E-state index is -0.252. The summed E-state index contributed by atoms with van der Waals surface area (Å²) in [5.41, 5.74) is 0.276. The molecule has 2 amide bonds. The summed E-state index contributed by atoms with van der Waals surface area (Å²) in [5, 5.41) is 0. The fourth-order valence-electron chi connectivity index (χ4n) is 5.36. The van der Waals surface area contributed by atoms with Gasteiger partial charge in [0.05, 0.1) is 6.61 Å². The van der Waals surface area contributed by atoms with Crippen LogP contribution in [-0.2, 0) is 9.53 Å². The van der Waals surface area contributed by atoms with Crippen molar-refractivity contribution in [3.8, 4) is 0 Å². The predicted molar refractivity (Wildman–Crippen MR) is 108 cm³/mol. The van der Waals surface area contributed by atoms with Crippen LogP contribution in [0.25, 0.3) is 0 Å². The minimum absolute atomic E-state index is 0.224. The summed E-state index contributed by atoms with van der Waals surface area (Å²) in [5.74, 6) is 1.38. The molecule has 6 nitrogen and oxygen atoms in total. The van der Waals surface area contributed by atoms with Crippen molar-refractivity contribution in [1.82, 2.24) is 14.7 Å². The predicted octanol–water partition coefficient (Wildman–Crippen LogP) is 2.75. The molecule has 4 rings (SSSR count). The molecule has 156 valence electrons. The van der Waals surface area contributed by atoms with Gasteiger partial charge < -0.3 is 19.4 Å². The maximum Gasteiger partial charge on any atom is 0.409 e. The molecule has 2 unspecified atom stereocenters. The second-order valence-electron chi connectivity index (χ2n) is 9.08. The first-order valence-electron chi connectivity index (χ1n) is 11.2. The molecule has 2 aliphatic heterocycles. The third-order valence-electron chi connectivity index (χ3n) is 7.35. The molecule has 2 atom stereocenters. The van der Waals surface area contributed by atoms with Crippen LogP contribution < -0.4 is 0 Å². The van der Waals surface area contributed by atoms with E-state index in [1.165, 1.54) is 38.6 Å². The van der Waals surface area contributed by atoms with Gasteiger partial charge in [-0.15, -0.1) is 0 Å². The Kier molecular flexibility index (Phi) is 5.95. The van der Waals surface area contributed by atoms with Crippen LogP contribution in [0, 0.1) is 17.3 Å². The third-order valence-corrected chi connectivity index (χ3v) is 7.35. The van der Waals surface area contributed by atoms with Gasteiger partial charge in [-0.25, -0.2) is 4.79 Å². The lowest BCUT2D eigenvalue weighted by molar-refractivity contribution is -0.135. The molecule has 4 aliphatic rings. The van der Waals surface area contributed by atoms with Crippen LogP contribution >= 0.6 is 0 Å². The number of allylic oxidation sites excluding steroid dienone is 2. The highest BCUT2D eigenvalue weighted by atomic mass is 16.6. The lowest BCUT2D eigenvalue weighted by atomic mass is 9.88. The Morgan fingerprint density at radius 1 is 1.04 bits per heavy atom. The first-order chi connectivity index (χ1) is 13.6. The van der Waals surface area contributed by atoms with Gasteiger partial charge in [-0.3, -0.25) is 4.79 Å². The molecule has 0 N–H and O–H groups in total. The van der Waals surface area contributed by atoms with E-state index in [9.17, 15) is 9.59 Å². The average Bonchev–Trinajstić information content (AvgIpc) is 3.44. The lowest BCUT2D eigenvalue weighted by Crippen LogP contribution is -2.51. The van der Waals surface area contributed by atoms with Crippen LogP contribution in [0.5, 0.6) is 0 Å². The van der Waals surface area contributed by atoms with Crippen molar-refractivity contribution in [2.75, 3.05) is 52.4 Å². The summed E-state index contributed by atoms with van der Waals surface area (Å²) in [4.78, 5) is 31.2. The van der Waals surface area contributed by atoms with Crippen LogP contribution in [0.3, 0.4) is 0 Å². The molecule has 0 radical (unpaired) electrons. The van der Waals surface area contributed by atoms with Gasteiger partial charge in [0.25, 0.3) is 0 Å².